The number of aryl methyl sites for hydroxylation is 1. The Bertz CT molecular complexity index is 394. The number of nitrogens with zero attached hydrogens (tertiary/aromatic N) is 1. The maximum atomic E-state index is 8.47. The molecule has 0 saturated carbocycles. The molecule has 0 spiro atoms. The Kier molecular flexibility index (Phi) is 4.43. The third-order valence-electron chi connectivity index (χ3n) is 2.25. The van der Waals surface area contributed by atoms with Crippen LogP contribution < -0.4 is 10.5 Å². The van der Waals surface area contributed by atoms with Gasteiger partial charge in [0.25, 0.3) is 0 Å². The zero-order chi connectivity index (χ0) is 12.1. The molecule has 0 amide bonds. The Labute approximate surface area is 99.7 Å². The largest absolute Gasteiger partial charge is 0.493 e. The zero-order valence-electron chi connectivity index (χ0n) is 9.27. The van der Waals surface area contributed by atoms with Gasteiger partial charge >= 0.3 is 0 Å². The summed E-state index contributed by atoms with van der Waals surface area (Å²) in [5.41, 5.74) is 6.39. The van der Waals surface area contributed by atoms with Gasteiger partial charge in [0.15, 0.2) is 0 Å². The number of benzene rings is 1. The smallest absolute Gasteiger partial charge is 0.145 e. The van der Waals surface area contributed by atoms with Crippen LogP contribution in [0.1, 0.15) is 12.5 Å². The third kappa shape index (κ3) is 3.31. The first-order valence-corrected chi connectivity index (χ1v) is 5.28. The predicted octanol–water partition coefficient (Wildman–Crippen LogP) is 2.41. The molecule has 1 aromatic carbocycles. The van der Waals surface area contributed by atoms with Gasteiger partial charge in [-0.15, -0.1) is 0 Å². The van der Waals surface area contributed by atoms with Gasteiger partial charge < -0.3 is 15.7 Å². The second kappa shape index (κ2) is 5.61. The highest BCUT2D eigenvalue weighted by Crippen LogP contribution is 2.21. The molecular formula is C11H15ClN2O2. The number of oxime groups is 1. The van der Waals surface area contributed by atoms with Crippen molar-refractivity contribution in [2.75, 3.05) is 6.61 Å². The highest BCUT2D eigenvalue weighted by Gasteiger charge is 2.08. The molecule has 0 heterocycles. The summed E-state index contributed by atoms with van der Waals surface area (Å²) in [5.74, 6) is 0.742. The van der Waals surface area contributed by atoms with Gasteiger partial charge in [-0.2, -0.15) is 0 Å². The van der Waals surface area contributed by atoms with Crippen molar-refractivity contribution in [3.63, 3.8) is 0 Å². The SMILES string of the molecule is Cc1cc(OCC(C)/C(N)=N/O)ccc1Cl. The van der Waals surface area contributed by atoms with Crippen molar-refractivity contribution in [1.82, 2.24) is 0 Å². The average molecular weight is 243 g/mol. The van der Waals surface area contributed by atoms with Crippen molar-refractivity contribution in [1.29, 1.82) is 0 Å². The number of hydrogen-bond donors (Lipinski definition) is 2. The van der Waals surface area contributed by atoms with E-state index < -0.39 is 0 Å². The van der Waals surface area contributed by atoms with Crippen molar-refractivity contribution in [2.45, 2.75) is 13.8 Å². The van der Waals surface area contributed by atoms with E-state index in [9.17, 15) is 0 Å². The van der Waals surface area contributed by atoms with E-state index in [1.54, 1.807) is 12.1 Å². The lowest BCUT2D eigenvalue weighted by molar-refractivity contribution is 0.279. The summed E-state index contributed by atoms with van der Waals surface area (Å²) in [5, 5.41) is 12.1. The second-order valence-electron chi connectivity index (χ2n) is 3.65. The summed E-state index contributed by atoms with van der Waals surface area (Å²) in [4.78, 5) is 0. The van der Waals surface area contributed by atoms with Crippen molar-refractivity contribution < 1.29 is 9.94 Å². The number of ether oxygens (including phenoxy) is 1. The Morgan fingerprint density at radius 2 is 2.31 bits per heavy atom. The minimum Gasteiger partial charge on any atom is -0.493 e. The first-order valence-electron chi connectivity index (χ1n) is 4.91. The van der Waals surface area contributed by atoms with Gasteiger partial charge in [0.2, 0.25) is 0 Å². The van der Waals surface area contributed by atoms with Crippen molar-refractivity contribution in [2.24, 2.45) is 16.8 Å². The zero-order valence-corrected chi connectivity index (χ0v) is 10.0. The molecule has 1 atom stereocenters. The van der Waals surface area contributed by atoms with Crippen LogP contribution in [0.15, 0.2) is 23.4 Å². The molecule has 5 heteroatoms. The summed E-state index contributed by atoms with van der Waals surface area (Å²) in [7, 11) is 0. The number of amidine groups is 1. The number of hydrogen-bond acceptors (Lipinski definition) is 3. The van der Waals surface area contributed by atoms with E-state index in [4.69, 9.17) is 27.3 Å². The molecule has 0 saturated heterocycles. The molecule has 1 unspecified atom stereocenters. The number of nitrogens with two attached hydrogens (primary N) is 1. The third-order valence-corrected chi connectivity index (χ3v) is 2.67. The molecule has 0 aromatic heterocycles. The van der Waals surface area contributed by atoms with Crippen LogP contribution in [0.25, 0.3) is 0 Å². The molecule has 0 bridgehead atoms. The first-order chi connectivity index (χ1) is 7.54. The molecule has 0 radical (unpaired) electrons. The summed E-state index contributed by atoms with van der Waals surface area (Å²) < 4.78 is 5.50. The van der Waals surface area contributed by atoms with Gasteiger partial charge in [-0.25, -0.2) is 0 Å². The van der Waals surface area contributed by atoms with Crippen LogP contribution >= 0.6 is 11.6 Å². The lowest BCUT2D eigenvalue weighted by Gasteiger charge is -2.12. The number of halogens is 1. The summed E-state index contributed by atoms with van der Waals surface area (Å²) in [6, 6.07) is 5.41. The van der Waals surface area contributed by atoms with Crippen molar-refractivity contribution >= 4 is 17.4 Å². The molecule has 3 N–H and O–H groups in total. The van der Waals surface area contributed by atoms with Crippen LogP contribution in [0.2, 0.25) is 5.02 Å². The maximum Gasteiger partial charge on any atom is 0.145 e. The van der Waals surface area contributed by atoms with Gasteiger partial charge in [-0.1, -0.05) is 23.7 Å². The van der Waals surface area contributed by atoms with Gasteiger partial charge in [-0.3, -0.25) is 0 Å². The highest BCUT2D eigenvalue weighted by molar-refractivity contribution is 6.31. The predicted molar refractivity (Wildman–Crippen MR) is 64.3 cm³/mol. The standard InChI is InChI=1S/C11H15ClN2O2/c1-7-5-9(3-4-10(7)12)16-6-8(2)11(13)14-15/h3-5,8,15H,6H2,1-2H3,(H2,13,14). The first kappa shape index (κ1) is 12.6. The Morgan fingerprint density at radius 3 is 2.88 bits per heavy atom. The molecule has 16 heavy (non-hydrogen) atoms. The fourth-order valence-corrected chi connectivity index (χ4v) is 1.23. The summed E-state index contributed by atoms with van der Waals surface area (Å²) in [6.45, 7) is 4.08. The molecule has 1 rings (SSSR count). The van der Waals surface area contributed by atoms with Crippen LogP contribution in [-0.2, 0) is 0 Å². The highest BCUT2D eigenvalue weighted by atomic mass is 35.5. The molecule has 1 aromatic rings. The van der Waals surface area contributed by atoms with Crippen LogP contribution in [0.5, 0.6) is 5.75 Å². The van der Waals surface area contributed by atoms with Crippen LogP contribution in [0, 0.1) is 12.8 Å². The monoisotopic (exact) mass is 242 g/mol. The molecule has 0 fully saturated rings. The van der Waals surface area contributed by atoms with E-state index in [-0.39, 0.29) is 11.8 Å². The van der Waals surface area contributed by atoms with E-state index in [1.807, 2.05) is 19.9 Å². The quantitative estimate of drug-likeness (QED) is 0.369. The Balaban J connectivity index is 2.58. The second-order valence-corrected chi connectivity index (χ2v) is 4.06. The van der Waals surface area contributed by atoms with Gasteiger partial charge in [0.1, 0.15) is 11.6 Å². The minimum absolute atomic E-state index is 0.138. The normalized spacial score (nSPS) is 13.6. The van der Waals surface area contributed by atoms with Crippen LogP contribution in [-0.4, -0.2) is 17.6 Å². The molecule has 0 aliphatic heterocycles. The van der Waals surface area contributed by atoms with Crippen molar-refractivity contribution in [3.8, 4) is 5.75 Å². The summed E-state index contributed by atoms with van der Waals surface area (Å²) in [6.07, 6.45) is 0. The lowest BCUT2D eigenvalue weighted by Crippen LogP contribution is -2.26. The van der Waals surface area contributed by atoms with E-state index in [1.165, 1.54) is 0 Å². The van der Waals surface area contributed by atoms with Crippen molar-refractivity contribution in [3.05, 3.63) is 28.8 Å². The fraction of sp³-hybridized carbons (Fsp3) is 0.364. The van der Waals surface area contributed by atoms with E-state index in [0.29, 0.717) is 11.6 Å². The summed E-state index contributed by atoms with van der Waals surface area (Å²) >= 11 is 5.89. The average Bonchev–Trinajstić information content (AvgIpc) is 2.29. The van der Waals surface area contributed by atoms with Crippen LogP contribution in [0.4, 0.5) is 0 Å². The number of rotatable bonds is 4. The Hall–Kier alpha value is -1.42. The molecule has 0 aliphatic rings. The maximum absolute atomic E-state index is 8.47. The minimum atomic E-state index is -0.138. The molecule has 4 nitrogen and oxygen atoms in total. The Morgan fingerprint density at radius 1 is 1.62 bits per heavy atom. The van der Waals surface area contributed by atoms with Gasteiger partial charge in [0, 0.05) is 5.02 Å². The molecule has 0 aliphatic carbocycles. The van der Waals surface area contributed by atoms with Gasteiger partial charge in [-0.05, 0) is 30.7 Å². The van der Waals surface area contributed by atoms with Gasteiger partial charge in [0.05, 0.1) is 12.5 Å². The van der Waals surface area contributed by atoms with E-state index in [0.717, 1.165) is 11.3 Å². The van der Waals surface area contributed by atoms with E-state index >= 15 is 0 Å². The topological polar surface area (TPSA) is 67.8 Å². The molecular weight excluding hydrogens is 228 g/mol. The van der Waals surface area contributed by atoms with E-state index in [2.05, 4.69) is 5.16 Å². The lowest BCUT2D eigenvalue weighted by atomic mass is 10.2. The fourth-order valence-electron chi connectivity index (χ4n) is 1.11. The molecule has 88 valence electrons. The van der Waals surface area contributed by atoms with Crippen LogP contribution in [0.3, 0.4) is 0 Å².